The van der Waals surface area contributed by atoms with Crippen molar-refractivity contribution in [3.05, 3.63) is 65.2 Å². The molecule has 1 aliphatic rings. The quantitative estimate of drug-likeness (QED) is 0.644. The molecule has 4 nitrogen and oxygen atoms in total. The molecule has 0 amide bonds. The van der Waals surface area contributed by atoms with Gasteiger partial charge in [-0.25, -0.2) is 4.98 Å². The lowest BCUT2D eigenvalue weighted by atomic mass is 10.1. The standard InChI is InChI=1S/C20H19ClN4/c1-13-7-8-15(21)11-17(13)23-19-12-18(14-5-3-2-4-6-14)24-20(25-19)22-16-9-10-16/h2-8,11-12,16H,9-10H2,1H3,(H2,22,23,24,25). The third kappa shape index (κ3) is 3.91. The van der Waals surface area contributed by atoms with Crippen LogP contribution < -0.4 is 10.6 Å². The van der Waals surface area contributed by atoms with Gasteiger partial charge in [0.1, 0.15) is 5.82 Å². The Hall–Kier alpha value is -2.59. The average Bonchev–Trinajstić information content (AvgIpc) is 3.43. The van der Waals surface area contributed by atoms with Crippen LogP contribution in [0.25, 0.3) is 11.3 Å². The van der Waals surface area contributed by atoms with Crippen molar-refractivity contribution in [2.24, 2.45) is 0 Å². The summed E-state index contributed by atoms with van der Waals surface area (Å²) in [6, 6.07) is 18.4. The largest absolute Gasteiger partial charge is 0.351 e. The number of rotatable bonds is 5. The molecule has 3 aromatic rings. The van der Waals surface area contributed by atoms with Gasteiger partial charge < -0.3 is 10.6 Å². The van der Waals surface area contributed by atoms with Gasteiger partial charge in [0.2, 0.25) is 5.95 Å². The summed E-state index contributed by atoms with van der Waals surface area (Å²) >= 11 is 6.13. The molecule has 5 heteroatoms. The summed E-state index contributed by atoms with van der Waals surface area (Å²) in [6.45, 7) is 2.04. The van der Waals surface area contributed by atoms with Gasteiger partial charge in [-0.1, -0.05) is 48.0 Å². The van der Waals surface area contributed by atoms with Crippen molar-refractivity contribution < 1.29 is 0 Å². The third-order valence-electron chi connectivity index (χ3n) is 4.17. The van der Waals surface area contributed by atoms with Gasteiger partial charge in [-0.3, -0.25) is 0 Å². The summed E-state index contributed by atoms with van der Waals surface area (Å²) in [4.78, 5) is 9.31. The van der Waals surface area contributed by atoms with Gasteiger partial charge in [-0.15, -0.1) is 0 Å². The van der Waals surface area contributed by atoms with Gasteiger partial charge in [-0.2, -0.15) is 4.98 Å². The molecule has 0 spiro atoms. The Labute approximate surface area is 152 Å². The number of benzene rings is 2. The fourth-order valence-electron chi connectivity index (χ4n) is 2.61. The summed E-state index contributed by atoms with van der Waals surface area (Å²) in [7, 11) is 0. The van der Waals surface area contributed by atoms with Crippen LogP contribution in [0.1, 0.15) is 18.4 Å². The molecule has 2 N–H and O–H groups in total. The lowest BCUT2D eigenvalue weighted by molar-refractivity contribution is 1.06. The molecule has 0 radical (unpaired) electrons. The van der Waals surface area contributed by atoms with E-state index in [9.17, 15) is 0 Å². The molecule has 0 unspecified atom stereocenters. The molecule has 25 heavy (non-hydrogen) atoms. The number of halogens is 1. The molecule has 0 atom stereocenters. The smallest absolute Gasteiger partial charge is 0.225 e. The van der Waals surface area contributed by atoms with Gasteiger partial charge in [0.25, 0.3) is 0 Å². The van der Waals surface area contributed by atoms with E-state index in [0.717, 1.165) is 28.3 Å². The Kier molecular flexibility index (Phi) is 4.28. The van der Waals surface area contributed by atoms with Crippen LogP contribution in [0, 0.1) is 6.92 Å². The van der Waals surface area contributed by atoms with E-state index >= 15 is 0 Å². The molecule has 1 aliphatic carbocycles. The van der Waals surface area contributed by atoms with Crippen LogP contribution in [-0.2, 0) is 0 Å². The lowest BCUT2D eigenvalue weighted by Gasteiger charge is -2.13. The van der Waals surface area contributed by atoms with E-state index in [4.69, 9.17) is 11.6 Å². The average molecular weight is 351 g/mol. The second-order valence-corrected chi connectivity index (χ2v) is 6.77. The zero-order valence-electron chi connectivity index (χ0n) is 14.0. The number of hydrogen-bond acceptors (Lipinski definition) is 4. The number of aryl methyl sites for hydroxylation is 1. The van der Waals surface area contributed by atoms with E-state index < -0.39 is 0 Å². The highest BCUT2D eigenvalue weighted by Crippen LogP contribution is 2.29. The van der Waals surface area contributed by atoms with Crippen LogP contribution >= 0.6 is 11.6 Å². The number of nitrogens with one attached hydrogen (secondary N) is 2. The zero-order valence-corrected chi connectivity index (χ0v) is 14.7. The molecule has 1 aromatic heterocycles. The minimum absolute atomic E-state index is 0.492. The molecule has 1 heterocycles. The fraction of sp³-hybridized carbons (Fsp3) is 0.200. The summed E-state index contributed by atoms with van der Waals surface area (Å²) in [5, 5.41) is 7.47. The van der Waals surface area contributed by atoms with Crippen molar-refractivity contribution in [1.82, 2.24) is 9.97 Å². The summed E-state index contributed by atoms with van der Waals surface area (Å²) in [5.41, 5.74) is 4.01. The second-order valence-electron chi connectivity index (χ2n) is 6.33. The van der Waals surface area contributed by atoms with Crippen molar-refractivity contribution in [2.75, 3.05) is 10.6 Å². The first-order valence-corrected chi connectivity index (χ1v) is 8.79. The molecule has 0 saturated heterocycles. The number of anilines is 3. The van der Waals surface area contributed by atoms with E-state index in [0.29, 0.717) is 17.0 Å². The Morgan fingerprint density at radius 3 is 2.56 bits per heavy atom. The van der Waals surface area contributed by atoms with Gasteiger partial charge in [0.05, 0.1) is 5.69 Å². The minimum atomic E-state index is 0.492. The second kappa shape index (κ2) is 6.73. The number of aromatic nitrogens is 2. The number of nitrogens with zero attached hydrogens (tertiary/aromatic N) is 2. The summed E-state index contributed by atoms with van der Waals surface area (Å²) < 4.78 is 0. The predicted molar refractivity (Wildman–Crippen MR) is 104 cm³/mol. The first-order valence-electron chi connectivity index (χ1n) is 8.41. The van der Waals surface area contributed by atoms with E-state index in [2.05, 4.69) is 32.7 Å². The van der Waals surface area contributed by atoms with Crippen LogP contribution in [0.2, 0.25) is 5.02 Å². The minimum Gasteiger partial charge on any atom is -0.351 e. The Balaban J connectivity index is 1.71. The van der Waals surface area contributed by atoms with Crippen molar-refractivity contribution >= 4 is 29.1 Å². The van der Waals surface area contributed by atoms with Crippen molar-refractivity contribution in [3.8, 4) is 11.3 Å². The maximum atomic E-state index is 6.13. The van der Waals surface area contributed by atoms with Crippen molar-refractivity contribution in [2.45, 2.75) is 25.8 Å². The Morgan fingerprint density at radius 1 is 1.00 bits per heavy atom. The van der Waals surface area contributed by atoms with Crippen molar-refractivity contribution in [3.63, 3.8) is 0 Å². The molecule has 1 fully saturated rings. The molecule has 0 aliphatic heterocycles. The van der Waals surface area contributed by atoms with E-state index in [1.807, 2.05) is 49.4 Å². The first-order chi connectivity index (χ1) is 12.2. The Morgan fingerprint density at radius 2 is 1.80 bits per heavy atom. The topological polar surface area (TPSA) is 49.8 Å². The highest BCUT2D eigenvalue weighted by Gasteiger charge is 2.22. The first kappa shape index (κ1) is 15.9. The number of hydrogen-bond donors (Lipinski definition) is 2. The van der Waals surface area contributed by atoms with Crippen molar-refractivity contribution in [1.29, 1.82) is 0 Å². The van der Waals surface area contributed by atoms with Crippen LogP contribution in [0.4, 0.5) is 17.5 Å². The molecular weight excluding hydrogens is 332 g/mol. The molecule has 1 saturated carbocycles. The van der Waals surface area contributed by atoms with Crippen LogP contribution in [-0.4, -0.2) is 16.0 Å². The van der Waals surface area contributed by atoms with Gasteiger partial charge in [0, 0.05) is 28.4 Å². The molecule has 0 bridgehead atoms. The van der Waals surface area contributed by atoms with E-state index in [1.54, 1.807) is 0 Å². The molecular formula is C20H19ClN4. The van der Waals surface area contributed by atoms with Crippen LogP contribution in [0.3, 0.4) is 0 Å². The SMILES string of the molecule is Cc1ccc(Cl)cc1Nc1cc(-c2ccccc2)nc(NC2CC2)n1. The van der Waals surface area contributed by atoms with Crippen LogP contribution in [0.5, 0.6) is 0 Å². The predicted octanol–water partition coefficient (Wildman–Crippen LogP) is 5.42. The van der Waals surface area contributed by atoms with Gasteiger partial charge in [0.15, 0.2) is 0 Å². The van der Waals surface area contributed by atoms with E-state index in [1.165, 1.54) is 12.8 Å². The Bertz CT molecular complexity index is 891. The van der Waals surface area contributed by atoms with E-state index in [-0.39, 0.29) is 0 Å². The normalized spacial score (nSPS) is 13.5. The third-order valence-corrected chi connectivity index (χ3v) is 4.40. The van der Waals surface area contributed by atoms with Gasteiger partial charge in [-0.05, 0) is 37.5 Å². The summed E-state index contributed by atoms with van der Waals surface area (Å²) in [5.74, 6) is 1.41. The zero-order chi connectivity index (χ0) is 17.2. The molecule has 126 valence electrons. The highest BCUT2D eigenvalue weighted by molar-refractivity contribution is 6.30. The highest BCUT2D eigenvalue weighted by atomic mass is 35.5. The molecule has 2 aromatic carbocycles. The lowest BCUT2D eigenvalue weighted by Crippen LogP contribution is -2.08. The molecule has 4 rings (SSSR count). The fourth-order valence-corrected chi connectivity index (χ4v) is 2.78. The van der Waals surface area contributed by atoms with Crippen LogP contribution in [0.15, 0.2) is 54.6 Å². The monoisotopic (exact) mass is 350 g/mol. The summed E-state index contributed by atoms with van der Waals surface area (Å²) in [6.07, 6.45) is 2.35. The maximum Gasteiger partial charge on any atom is 0.225 e. The van der Waals surface area contributed by atoms with Gasteiger partial charge >= 0.3 is 0 Å². The maximum absolute atomic E-state index is 6.13.